The fourth-order valence-electron chi connectivity index (χ4n) is 4.40. The Morgan fingerprint density at radius 3 is 2.48 bits per heavy atom. The van der Waals surface area contributed by atoms with E-state index in [1.165, 1.54) is 0 Å². The van der Waals surface area contributed by atoms with Gasteiger partial charge in [-0.05, 0) is 69.2 Å². The Morgan fingerprint density at radius 2 is 1.82 bits per heavy atom. The molecule has 2 unspecified atom stereocenters. The SMILES string of the molecule is COc1ccc2c(C)c(CCC(=O)Nc3ccc(N4CC(C)OC(C)C4)cc3)c(=O)oc2c1. The van der Waals surface area contributed by atoms with Crippen LogP contribution in [0.5, 0.6) is 5.75 Å². The van der Waals surface area contributed by atoms with E-state index < -0.39 is 5.63 Å². The Bertz CT molecular complexity index is 1190. The van der Waals surface area contributed by atoms with Gasteiger partial charge in [-0.3, -0.25) is 4.79 Å². The normalized spacial score (nSPS) is 18.4. The minimum Gasteiger partial charge on any atom is -0.497 e. The minimum atomic E-state index is -0.417. The number of methoxy groups -OCH3 is 1. The third kappa shape index (κ3) is 5.20. The number of amides is 1. The largest absolute Gasteiger partial charge is 0.497 e. The second kappa shape index (κ2) is 9.67. The number of ether oxygens (including phenoxy) is 2. The smallest absolute Gasteiger partial charge is 0.339 e. The Kier molecular flexibility index (Phi) is 6.70. The van der Waals surface area contributed by atoms with Crippen molar-refractivity contribution in [3.05, 3.63) is 64.0 Å². The maximum Gasteiger partial charge on any atom is 0.339 e. The van der Waals surface area contributed by atoms with Crippen molar-refractivity contribution in [1.29, 1.82) is 0 Å². The van der Waals surface area contributed by atoms with Crippen molar-refractivity contribution < 1.29 is 18.7 Å². The lowest BCUT2D eigenvalue weighted by Crippen LogP contribution is -2.45. The van der Waals surface area contributed by atoms with Crippen LogP contribution in [0.3, 0.4) is 0 Å². The highest BCUT2D eigenvalue weighted by atomic mass is 16.5. The third-order valence-corrected chi connectivity index (χ3v) is 6.03. The molecule has 3 aromatic rings. The summed E-state index contributed by atoms with van der Waals surface area (Å²) < 4.78 is 16.5. The first-order valence-corrected chi connectivity index (χ1v) is 11.2. The summed E-state index contributed by atoms with van der Waals surface area (Å²) in [6, 6.07) is 13.2. The molecular formula is C26H30N2O5. The molecule has 1 aromatic heterocycles. The highest BCUT2D eigenvalue weighted by molar-refractivity contribution is 5.91. The van der Waals surface area contributed by atoms with Gasteiger partial charge in [0.25, 0.3) is 0 Å². The monoisotopic (exact) mass is 450 g/mol. The number of hydrogen-bond acceptors (Lipinski definition) is 6. The van der Waals surface area contributed by atoms with Crippen LogP contribution in [0.15, 0.2) is 51.7 Å². The lowest BCUT2D eigenvalue weighted by Gasteiger charge is -2.36. The van der Waals surface area contributed by atoms with E-state index in [1.54, 1.807) is 13.2 Å². The van der Waals surface area contributed by atoms with Crippen LogP contribution in [0.25, 0.3) is 11.0 Å². The van der Waals surface area contributed by atoms with Crippen LogP contribution in [0.2, 0.25) is 0 Å². The lowest BCUT2D eigenvalue weighted by molar-refractivity contribution is -0.116. The number of carbonyl (C=O) groups excluding carboxylic acids is 1. The van der Waals surface area contributed by atoms with Gasteiger partial charge in [0.1, 0.15) is 11.3 Å². The van der Waals surface area contributed by atoms with Crippen molar-refractivity contribution in [3.63, 3.8) is 0 Å². The molecular weight excluding hydrogens is 420 g/mol. The predicted molar refractivity (Wildman–Crippen MR) is 129 cm³/mol. The molecule has 1 fully saturated rings. The molecule has 2 heterocycles. The first-order chi connectivity index (χ1) is 15.8. The molecule has 1 N–H and O–H groups in total. The van der Waals surface area contributed by atoms with Gasteiger partial charge in [-0.15, -0.1) is 0 Å². The molecule has 0 saturated carbocycles. The summed E-state index contributed by atoms with van der Waals surface area (Å²) in [5.74, 6) is 0.478. The first kappa shape index (κ1) is 22.9. The van der Waals surface area contributed by atoms with Crippen LogP contribution >= 0.6 is 0 Å². The molecule has 7 heteroatoms. The molecule has 7 nitrogen and oxygen atoms in total. The van der Waals surface area contributed by atoms with Gasteiger partial charge in [-0.1, -0.05) is 0 Å². The van der Waals surface area contributed by atoms with Gasteiger partial charge in [0.2, 0.25) is 5.91 Å². The third-order valence-electron chi connectivity index (χ3n) is 6.03. The number of rotatable bonds is 6. The number of hydrogen-bond donors (Lipinski definition) is 1. The average molecular weight is 451 g/mol. The number of morpholine rings is 1. The van der Waals surface area contributed by atoms with Crippen LogP contribution in [-0.4, -0.2) is 38.3 Å². The topological polar surface area (TPSA) is 81.0 Å². The number of benzene rings is 2. The fraction of sp³-hybridized carbons (Fsp3) is 0.385. The van der Waals surface area contributed by atoms with E-state index in [2.05, 4.69) is 24.1 Å². The van der Waals surface area contributed by atoms with Gasteiger partial charge in [-0.25, -0.2) is 4.79 Å². The summed E-state index contributed by atoms with van der Waals surface area (Å²) in [7, 11) is 1.57. The fourth-order valence-corrected chi connectivity index (χ4v) is 4.40. The van der Waals surface area contributed by atoms with Crippen LogP contribution in [0, 0.1) is 6.92 Å². The second-order valence-corrected chi connectivity index (χ2v) is 8.61. The van der Waals surface area contributed by atoms with Gasteiger partial charge >= 0.3 is 5.63 Å². The molecule has 1 aliphatic heterocycles. The molecule has 0 spiro atoms. The Labute approximate surface area is 193 Å². The minimum absolute atomic E-state index is 0.148. The summed E-state index contributed by atoms with van der Waals surface area (Å²) in [6.45, 7) is 7.72. The molecule has 33 heavy (non-hydrogen) atoms. The summed E-state index contributed by atoms with van der Waals surface area (Å²) in [4.78, 5) is 27.3. The molecule has 174 valence electrons. The van der Waals surface area contributed by atoms with Crippen molar-refractivity contribution >= 4 is 28.3 Å². The molecule has 2 atom stereocenters. The zero-order chi connectivity index (χ0) is 23.5. The Hall–Kier alpha value is -3.32. The lowest BCUT2D eigenvalue weighted by atomic mass is 10.0. The number of carbonyl (C=O) groups is 1. The number of nitrogens with zero attached hydrogens (tertiary/aromatic N) is 1. The van der Waals surface area contributed by atoms with Gasteiger partial charge in [0, 0.05) is 47.9 Å². The quantitative estimate of drug-likeness (QED) is 0.564. The molecule has 0 aliphatic carbocycles. The number of aryl methyl sites for hydroxylation is 1. The van der Waals surface area contributed by atoms with Crippen LogP contribution in [0.1, 0.15) is 31.4 Å². The van der Waals surface area contributed by atoms with Gasteiger partial charge < -0.3 is 24.1 Å². The second-order valence-electron chi connectivity index (χ2n) is 8.61. The average Bonchev–Trinajstić information content (AvgIpc) is 2.78. The van der Waals surface area contributed by atoms with Crippen molar-refractivity contribution in [2.24, 2.45) is 0 Å². The number of anilines is 2. The molecule has 4 rings (SSSR count). The molecule has 2 aromatic carbocycles. The summed E-state index contributed by atoms with van der Waals surface area (Å²) in [5, 5.41) is 3.76. The Balaban J connectivity index is 1.39. The summed E-state index contributed by atoms with van der Waals surface area (Å²) >= 11 is 0. The molecule has 1 aliphatic rings. The maximum absolute atomic E-state index is 12.5. The zero-order valence-corrected chi connectivity index (χ0v) is 19.5. The summed E-state index contributed by atoms with van der Waals surface area (Å²) in [6.07, 6.45) is 0.870. The van der Waals surface area contributed by atoms with E-state index in [0.29, 0.717) is 23.3 Å². The highest BCUT2D eigenvalue weighted by Gasteiger charge is 2.22. The molecule has 1 amide bonds. The highest BCUT2D eigenvalue weighted by Crippen LogP contribution is 2.25. The molecule has 1 saturated heterocycles. The first-order valence-electron chi connectivity index (χ1n) is 11.2. The standard InChI is InChI=1S/C26H30N2O5/c1-16-14-28(15-17(2)32-16)20-7-5-19(6-8-20)27-25(29)12-11-23-18(3)22-10-9-21(31-4)13-24(22)33-26(23)30/h5-10,13,16-17H,11-12,14-15H2,1-4H3,(H,27,29). The van der Waals surface area contributed by atoms with E-state index in [0.717, 1.165) is 35.4 Å². The van der Waals surface area contributed by atoms with E-state index in [1.807, 2.05) is 43.3 Å². The van der Waals surface area contributed by atoms with Crippen molar-refractivity contribution in [2.45, 2.75) is 45.8 Å². The molecule has 0 radical (unpaired) electrons. The molecule has 0 bridgehead atoms. The van der Waals surface area contributed by atoms with Gasteiger partial charge in [-0.2, -0.15) is 0 Å². The van der Waals surface area contributed by atoms with E-state index in [-0.39, 0.29) is 24.5 Å². The zero-order valence-electron chi connectivity index (χ0n) is 19.5. The van der Waals surface area contributed by atoms with E-state index in [4.69, 9.17) is 13.9 Å². The van der Waals surface area contributed by atoms with Crippen LogP contribution in [0.4, 0.5) is 11.4 Å². The van der Waals surface area contributed by atoms with E-state index >= 15 is 0 Å². The van der Waals surface area contributed by atoms with Gasteiger partial charge in [0.15, 0.2) is 0 Å². The van der Waals surface area contributed by atoms with Crippen LogP contribution < -0.4 is 20.6 Å². The van der Waals surface area contributed by atoms with Crippen molar-refractivity contribution in [1.82, 2.24) is 0 Å². The van der Waals surface area contributed by atoms with E-state index in [9.17, 15) is 9.59 Å². The predicted octanol–water partition coefficient (Wildman–Crippen LogP) is 4.29. The number of nitrogens with one attached hydrogen (secondary N) is 1. The van der Waals surface area contributed by atoms with Crippen molar-refractivity contribution in [3.8, 4) is 5.75 Å². The summed E-state index contributed by atoms with van der Waals surface area (Å²) in [5.41, 5.74) is 3.25. The maximum atomic E-state index is 12.5. The number of fused-ring (bicyclic) bond motifs is 1. The van der Waals surface area contributed by atoms with Gasteiger partial charge in [0.05, 0.1) is 19.3 Å². The Morgan fingerprint density at radius 1 is 1.12 bits per heavy atom. The van der Waals surface area contributed by atoms with Crippen LogP contribution in [-0.2, 0) is 16.0 Å². The van der Waals surface area contributed by atoms with Crippen molar-refractivity contribution in [2.75, 3.05) is 30.4 Å².